The third-order valence-corrected chi connectivity index (χ3v) is 5.79. The molecule has 1 aromatic rings. The van der Waals surface area contributed by atoms with Gasteiger partial charge < -0.3 is 14.5 Å². The molecule has 3 aliphatic rings. The quantitative estimate of drug-likeness (QED) is 0.785. The minimum Gasteiger partial charge on any atom is -0.381 e. The SMILES string of the molecule is CCN1C(=O)[C@H]2CN(C(=O)c3ccncc3)CCN2C12CCOCC2. The molecule has 0 radical (unpaired) electrons. The monoisotopic (exact) mass is 344 g/mol. The van der Waals surface area contributed by atoms with Gasteiger partial charge in [-0.1, -0.05) is 0 Å². The highest BCUT2D eigenvalue weighted by Crippen LogP contribution is 2.41. The minimum atomic E-state index is -0.238. The fourth-order valence-electron chi connectivity index (χ4n) is 4.60. The summed E-state index contributed by atoms with van der Waals surface area (Å²) in [7, 11) is 0. The molecule has 3 saturated heterocycles. The minimum absolute atomic E-state index is 0.0224. The molecule has 3 aliphatic heterocycles. The summed E-state index contributed by atoms with van der Waals surface area (Å²) in [5.74, 6) is 0.127. The highest BCUT2D eigenvalue weighted by molar-refractivity contribution is 5.95. The van der Waals surface area contributed by atoms with Crippen LogP contribution in [0.5, 0.6) is 0 Å². The van der Waals surface area contributed by atoms with Gasteiger partial charge in [-0.3, -0.25) is 19.5 Å². The molecule has 1 spiro atoms. The third-order valence-electron chi connectivity index (χ3n) is 5.79. The van der Waals surface area contributed by atoms with Crippen LogP contribution in [0.1, 0.15) is 30.1 Å². The molecule has 25 heavy (non-hydrogen) atoms. The fraction of sp³-hybridized carbons (Fsp3) is 0.611. The Bertz CT molecular complexity index is 660. The van der Waals surface area contributed by atoms with E-state index in [9.17, 15) is 9.59 Å². The van der Waals surface area contributed by atoms with E-state index in [0.717, 1.165) is 19.4 Å². The smallest absolute Gasteiger partial charge is 0.254 e. The average molecular weight is 344 g/mol. The Labute approximate surface area is 147 Å². The lowest BCUT2D eigenvalue weighted by molar-refractivity contribution is -0.135. The molecule has 4 heterocycles. The summed E-state index contributed by atoms with van der Waals surface area (Å²) in [6.45, 7) is 5.94. The molecule has 0 unspecified atom stereocenters. The molecule has 4 rings (SSSR count). The standard InChI is InChI=1S/C18H24N4O3/c1-2-21-17(24)15-13-20(16(23)14-3-7-19-8-4-14)9-10-22(15)18(21)5-11-25-12-6-18/h3-4,7-8,15H,2,5-6,9-13H2,1H3/t15-/m1/s1. The zero-order valence-electron chi connectivity index (χ0n) is 14.6. The molecule has 1 aromatic heterocycles. The van der Waals surface area contributed by atoms with Crippen molar-refractivity contribution in [1.29, 1.82) is 0 Å². The predicted molar refractivity (Wildman–Crippen MR) is 90.8 cm³/mol. The lowest BCUT2D eigenvalue weighted by atomic mass is 9.96. The molecule has 0 bridgehead atoms. The summed E-state index contributed by atoms with van der Waals surface area (Å²) in [5.41, 5.74) is 0.405. The van der Waals surface area contributed by atoms with Gasteiger partial charge >= 0.3 is 0 Å². The topological polar surface area (TPSA) is 66.0 Å². The number of amides is 2. The molecule has 1 atom stereocenters. The molecular formula is C18H24N4O3. The lowest BCUT2D eigenvalue weighted by Gasteiger charge is -2.48. The number of carbonyl (C=O) groups is 2. The number of aromatic nitrogens is 1. The Hall–Kier alpha value is -1.99. The maximum absolute atomic E-state index is 13.0. The van der Waals surface area contributed by atoms with Crippen LogP contribution < -0.4 is 0 Å². The number of ether oxygens (including phenoxy) is 1. The Morgan fingerprint density at radius 1 is 1.28 bits per heavy atom. The van der Waals surface area contributed by atoms with Crippen molar-refractivity contribution >= 4 is 11.8 Å². The zero-order valence-corrected chi connectivity index (χ0v) is 14.6. The van der Waals surface area contributed by atoms with Crippen LogP contribution in [0.2, 0.25) is 0 Å². The third kappa shape index (κ3) is 2.53. The first-order valence-corrected chi connectivity index (χ1v) is 9.02. The van der Waals surface area contributed by atoms with Gasteiger partial charge in [-0.2, -0.15) is 0 Å². The molecule has 0 aliphatic carbocycles. The number of likely N-dealkylation sites (N-methyl/N-ethyl adjacent to an activating group) is 1. The van der Waals surface area contributed by atoms with Gasteiger partial charge in [0.25, 0.3) is 5.91 Å². The molecule has 3 fully saturated rings. The summed E-state index contributed by atoms with van der Waals surface area (Å²) in [6, 6.07) is 3.21. The fourth-order valence-corrected chi connectivity index (χ4v) is 4.60. The maximum atomic E-state index is 13.0. The second-order valence-electron chi connectivity index (χ2n) is 6.87. The van der Waals surface area contributed by atoms with Crippen LogP contribution in [-0.2, 0) is 9.53 Å². The van der Waals surface area contributed by atoms with Crippen LogP contribution in [0.3, 0.4) is 0 Å². The van der Waals surface area contributed by atoms with E-state index in [1.165, 1.54) is 0 Å². The summed E-state index contributed by atoms with van der Waals surface area (Å²) in [4.78, 5) is 35.9. The molecular weight excluding hydrogens is 320 g/mol. The summed E-state index contributed by atoms with van der Waals surface area (Å²) >= 11 is 0. The average Bonchev–Trinajstić information content (AvgIpc) is 2.89. The Kier molecular flexibility index (Phi) is 4.21. The first kappa shape index (κ1) is 16.5. The van der Waals surface area contributed by atoms with E-state index in [4.69, 9.17) is 4.74 Å². The van der Waals surface area contributed by atoms with Gasteiger partial charge in [-0.25, -0.2) is 0 Å². The van der Waals surface area contributed by atoms with Crippen molar-refractivity contribution in [3.63, 3.8) is 0 Å². The molecule has 134 valence electrons. The van der Waals surface area contributed by atoms with Gasteiger partial charge in [0.15, 0.2) is 0 Å². The van der Waals surface area contributed by atoms with Gasteiger partial charge in [0.1, 0.15) is 11.7 Å². The molecule has 0 N–H and O–H groups in total. The molecule has 7 nitrogen and oxygen atoms in total. The summed E-state index contributed by atoms with van der Waals surface area (Å²) in [5, 5.41) is 0. The second-order valence-corrected chi connectivity index (χ2v) is 6.87. The maximum Gasteiger partial charge on any atom is 0.254 e. The molecule has 7 heteroatoms. The first-order chi connectivity index (χ1) is 12.2. The number of fused-ring (bicyclic) bond motifs is 2. The van der Waals surface area contributed by atoms with Gasteiger partial charge in [0, 0.05) is 57.0 Å². The highest BCUT2D eigenvalue weighted by atomic mass is 16.5. The second kappa shape index (κ2) is 6.38. The van der Waals surface area contributed by atoms with Crippen LogP contribution >= 0.6 is 0 Å². The van der Waals surface area contributed by atoms with Gasteiger partial charge in [0.05, 0.1) is 13.2 Å². The number of piperazine rings is 1. The number of hydrogen-bond acceptors (Lipinski definition) is 5. The summed E-state index contributed by atoms with van der Waals surface area (Å²) < 4.78 is 5.55. The van der Waals surface area contributed by atoms with Gasteiger partial charge in [0.2, 0.25) is 5.91 Å². The van der Waals surface area contributed by atoms with Crippen molar-refractivity contribution in [2.24, 2.45) is 0 Å². The predicted octanol–water partition coefficient (Wildman–Crippen LogP) is 0.577. The van der Waals surface area contributed by atoms with Crippen molar-refractivity contribution in [3.05, 3.63) is 30.1 Å². The number of nitrogens with zero attached hydrogens (tertiary/aromatic N) is 4. The number of pyridine rings is 1. The van der Waals surface area contributed by atoms with E-state index >= 15 is 0 Å². The van der Waals surface area contributed by atoms with Crippen LogP contribution in [0.15, 0.2) is 24.5 Å². The largest absolute Gasteiger partial charge is 0.381 e. The van der Waals surface area contributed by atoms with E-state index < -0.39 is 0 Å². The van der Waals surface area contributed by atoms with Crippen molar-refractivity contribution in [3.8, 4) is 0 Å². The van der Waals surface area contributed by atoms with E-state index in [2.05, 4.69) is 9.88 Å². The highest BCUT2D eigenvalue weighted by Gasteiger charge is 2.57. The molecule has 2 amide bonds. The lowest BCUT2D eigenvalue weighted by Crippen LogP contribution is -2.62. The van der Waals surface area contributed by atoms with Crippen LogP contribution in [-0.4, -0.2) is 82.6 Å². The van der Waals surface area contributed by atoms with Crippen LogP contribution in [0, 0.1) is 0 Å². The van der Waals surface area contributed by atoms with Crippen LogP contribution in [0.25, 0.3) is 0 Å². The number of carbonyl (C=O) groups excluding carboxylic acids is 2. The normalized spacial score (nSPS) is 26.1. The van der Waals surface area contributed by atoms with E-state index in [0.29, 0.717) is 38.4 Å². The first-order valence-electron chi connectivity index (χ1n) is 9.02. The van der Waals surface area contributed by atoms with Crippen molar-refractivity contribution in [1.82, 2.24) is 19.7 Å². The van der Waals surface area contributed by atoms with Crippen molar-refractivity contribution in [2.75, 3.05) is 39.4 Å². The zero-order chi connectivity index (χ0) is 17.4. The van der Waals surface area contributed by atoms with Crippen LogP contribution in [0.4, 0.5) is 0 Å². The number of hydrogen-bond donors (Lipinski definition) is 0. The summed E-state index contributed by atoms with van der Waals surface area (Å²) in [6.07, 6.45) is 4.95. The number of rotatable bonds is 2. The Morgan fingerprint density at radius 3 is 2.68 bits per heavy atom. The van der Waals surface area contributed by atoms with Gasteiger partial charge in [-0.15, -0.1) is 0 Å². The van der Waals surface area contributed by atoms with Gasteiger partial charge in [-0.05, 0) is 19.1 Å². The van der Waals surface area contributed by atoms with E-state index in [1.54, 1.807) is 29.4 Å². The van der Waals surface area contributed by atoms with Crippen molar-refractivity contribution < 1.29 is 14.3 Å². The Balaban J connectivity index is 1.57. The van der Waals surface area contributed by atoms with E-state index in [-0.39, 0.29) is 23.5 Å². The molecule has 0 saturated carbocycles. The molecule has 0 aromatic carbocycles. The Morgan fingerprint density at radius 2 is 2.00 bits per heavy atom. The van der Waals surface area contributed by atoms with E-state index in [1.807, 2.05) is 11.8 Å². The van der Waals surface area contributed by atoms with Crippen molar-refractivity contribution in [2.45, 2.75) is 31.5 Å².